The fourth-order valence-corrected chi connectivity index (χ4v) is 2.23. The van der Waals surface area contributed by atoms with Crippen molar-refractivity contribution in [1.29, 1.82) is 0 Å². The van der Waals surface area contributed by atoms with Crippen LogP contribution in [0.1, 0.15) is 16.8 Å². The van der Waals surface area contributed by atoms with E-state index in [1.54, 1.807) is 30.2 Å². The van der Waals surface area contributed by atoms with E-state index in [4.69, 9.17) is 27.3 Å². The van der Waals surface area contributed by atoms with Gasteiger partial charge in [-0.05, 0) is 28.1 Å². The number of amidine groups is 1. The lowest BCUT2D eigenvalue weighted by molar-refractivity contribution is 0.0700. The minimum atomic E-state index is -0.232. The Kier molecular flexibility index (Phi) is 7.49. The van der Waals surface area contributed by atoms with Gasteiger partial charge in [0.2, 0.25) is 0 Å². The number of rotatable bonds is 7. The van der Waals surface area contributed by atoms with E-state index in [-0.39, 0.29) is 18.2 Å². The zero-order valence-corrected chi connectivity index (χ0v) is 13.9. The molecule has 116 valence electrons. The van der Waals surface area contributed by atoms with E-state index < -0.39 is 0 Å². The molecule has 3 N–H and O–H groups in total. The maximum absolute atomic E-state index is 12.5. The minimum Gasteiger partial charge on any atom is -0.409 e. The van der Waals surface area contributed by atoms with Gasteiger partial charge in [-0.25, -0.2) is 0 Å². The molecular formula is C13H17BrClN3O3. The molecule has 0 unspecified atom stereocenters. The minimum absolute atomic E-state index is 0.0607. The molecule has 0 aliphatic rings. The third-order valence-corrected chi connectivity index (χ3v) is 4.10. The normalized spacial score (nSPS) is 11.5. The molecule has 0 bridgehead atoms. The largest absolute Gasteiger partial charge is 0.409 e. The summed E-state index contributed by atoms with van der Waals surface area (Å²) in [7, 11) is 1.55. The maximum atomic E-state index is 12.5. The number of benzene rings is 1. The average Bonchev–Trinajstić information content (AvgIpc) is 2.49. The molecule has 0 spiro atoms. The number of halogens is 2. The van der Waals surface area contributed by atoms with Gasteiger partial charge in [0.05, 0.1) is 17.2 Å². The summed E-state index contributed by atoms with van der Waals surface area (Å²) in [6.45, 7) is 1.07. The number of methoxy groups -OCH3 is 1. The third kappa shape index (κ3) is 5.18. The number of carbonyl (C=O) groups is 1. The van der Waals surface area contributed by atoms with Gasteiger partial charge in [0.15, 0.2) is 0 Å². The highest BCUT2D eigenvalue weighted by molar-refractivity contribution is 9.10. The highest BCUT2D eigenvalue weighted by Crippen LogP contribution is 2.27. The number of amides is 1. The molecule has 6 nitrogen and oxygen atoms in total. The fourth-order valence-electron chi connectivity index (χ4n) is 1.66. The molecule has 21 heavy (non-hydrogen) atoms. The lowest BCUT2D eigenvalue weighted by Gasteiger charge is -2.23. The van der Waals surface area contributed by atoms with Crippen molar-refractivity contribution >= 4 is 39.3 Å². The van der Waals surface area contributed by atoms with E-state index in [9.17, 15) is 4.79 Å². The summed E-state index contributed by atoms with van der Waals surface area (Å²) >= 11 is 9.43. The molecule has 0 radical (unpaired) electrons. The summed E-state index contributed by atoms with van der Waals surface area (Å²) in [5.74, 6) is -0.172. The molecule has 0 fully saturated rings. The summed E-state index contributed by atoms with van der Waals surface area (Å²) in [5, 5.41) is 11.8. The van der Waals surface area contributed by atoms with Crippen molar-refractivity contribution in [3.05, 3.63) is 33.3 Å². The number of nitrogens with two attached hydrogens (primary N) is 1. The van der Waals surface area contributed by atoms with Crippen molar-refractivity contribution in [3.63, 3.8) is 0 Å². The van der Waals surface area contributed by atoms with E-state index in [0.29, 0.717) is 34.8 Å². The predicted octanol–water partition coefficient (Wildman–Crippen LogP) is 2.33. The number of oxime groups is 1. The predicted molar refractivity (Wildman–Crippen MR) is 85.0 cm³/mol. The molecular weight excluding hydrogens is 362 g/mol. The van der Waals surface area contributed by atoms with Crippen molar-refractivity contribution in [2.45, 2.75) is 6.42 Å². The molecule has 1 amide bonds. The number of nitrogens with zero attached hydrogens (tertiary/aromatic N) is 2. The standard InChI is InChI=1S/C13H17BrClN3O3/c1-21-8-7-18(6-5-11(16)17-20)13(19)9-3-2-4-10(14)12(9)15/h2-4,20H,5-8H2,1H3,(H2,16,17). The molecule has 0 saturated heterocycles. The Morgan fingerprint density at radius 2 is 2.24 bits per heavy atom. The van der Waals surface area contributed by atoms with Gasteiger partial charge in [-0.3, -0.25) is 4.79 Å². The van der Waals surface area contributed by atoms with Crippen LogP contribution in [0.2, 0.25) is 5.02 Å². The summed E-state index contributed by atoms with van der Waals surface area (Å²) in [5.41, 5.74) is 5.83. The molecule has 1 rings (SSSR count). The van der Waals surface area contributed by atoms with E-state index in [1.807, 2.05) is 0 Å². The van der Waals surface area contributed by atoms with Gasteiger partial charge in [0, 0.05) is 31.1 Å². The smallest absolute Gasteiger partial charge is 0.255 e. The van der Waals surface area contributed by atoms with E-state index in [1.165, 1.54) is 0 Å². The Morgan fingerprint density at radius 1 is 1.52 bits per heavy atom. The first kappa shape index (κ1) is 17.7. The van der Waals surface area contributed by atoms with Gasteiger partial charge in [-0.2, -0.15) is 0 Å². The van der Waals surface area contributed by atoms with E-state index in [0.717, 1.165) is 0 Å². The number of ether oxygens (including phenoxy) is 1. The van der Waals surface area contributed by atoms with Crippen molar-refractivity contribution in [1.82, 2.24) is 4.90 Å². The Balaban J connectivity index is 2.90. The van der Waals surface area contributed by atoms with Crippen LogP contribution in [0.3, 0.4) is 0 Å². The van der Waals surface area contributed by atoms with Crippen molar-refractivity contribution in [2.75, 3.05) is 26.8 Å². The van der Waals surface area contributed by atoms with Crippen LogP contribution in [0.4, 0.5) is 0 Å². The maximum Gasteiger partial charge on any atom is 0.255 e. The van der Waals surface area contributed by atoms with Crippen LogP contribution in [-0.4, -0.2) is 48.7 Å². The van der Waals surface area contributed by atoms with Crippen LogP contribution in [0, 0.1) is 0 Å². The topological polar surface area (TPSA) is 88.2 Å². The number of hydrogen-bond donors (Lipinski definition) is 2. The second kappa shape index (κ2) is 8.86. The Bertz CT molecular complexity index is 525. The second-order valence-corrected chi connectivity index (χ2v) is 5.46. The van der Waals surface area contributed by atoms with Gasteiger partial charge < -0.3 is 20.6 Å². The third-order valence-electron chi connectivity index (χ3n) is 2.80. The Morgan fingerprint density at radius 3 is 2.86 bits per heavy atom. The summed E-state index contributed by atoms with van der Waals surface area (Å²) in [4.78, 5) is 14.1. The summed E-state index contributed by atoms with van der Waals surface area (Å²) in [6, 6.07) is 5.15. The summed E-state index contributed by atoms with van der Waals surface area (Å²) in [6.07, 6.45) is 0.261. The van der Waals surface area contributed by atoms with Crippen molar-refractivity contribution < 1.29 is 14.7 Å². The second-order valence-electron chi connectivity index (χ2n) is 4.23. The van der Waals surface area contributed by atoms with Crippen molar-refractivity contribution in [3.8, 4) is 0 Å². The Hall–Kier alpha value is -1.31. The van der Waals surface area contributed by atoms with Gasteiger partial charge in [-0.1, -0.05) is 22.8 Å². The van der Waals surface area contributed by atoms with E-state index >= 15 is 0 Å². The molecule has 0 aliphatic heterocycles. The molecule has 0 aliphatic carbocycles. The highest BCUT2D eigenvalue weighted by atomic mass is 79.9. The first-order chi connectivity index (χ1) is 10.0. The monoisotopic (exact) mass is 377 g/mol. The molecule has 0 atom stereocenters. The van der Waals surface area contributed by atoms with Crippen LogP contribution < -0.4 is 5.73 Å². The van der Waals surface area contributed by atoms with E-state index in [2.05, 4.69) is 21.1 Å². The molecule has 1 aromatic rings. The van der Waals surface area contributed by atoms with Crippen LogP contribution in [0.25, 0.3) is 0 Å². The lowest BCUT2D eigenvalue weighted by Crippen LogP contribution is -2.36. The zero-order chi connectivity index (χ0) is 15.8. The zero-order valence-electron chi connectivity index (χ0n) is 11.6. The Labute approximate surface area is 136 Å². The van der Waals surface area contributed by atoms with Gasteiger partial charge >= 0.3 is 0 Å². The SMILES string of the molecule is COCCN(CC/C(N)=N/O)C(=O)c1cccc(Br)c1Cl. The van der Waals surface area contributed by atoms with Gasteiger partial charge in [0.25, 0.3) is 5.91 Å². The van der Waals surface area contributed by atoms with Crippen LogP contribution in [-0.2, 0) is 4.74 Å². The fraction of sp³-hybridized carbons (Fsp3) is 0.385. The molecule has 0 heterocycles. The van der Waals surface area contributed by atoms with Gasteiger partial charge in [0.1, 0.15) is 5.84 Å². The van der Waals surface area contributed by atoms with Crippen molar-refractivity contribution in [2.24, 2.45) is 10.9 Å². The number of hydrogen-bond acceptors (Lipinski definition) is 4. The molecule has 1 aromatic carbocycles. The summed E-state index contributed by atoms with van der Waals surface area (Å²) < 4.78 is 5.65. The first-order valence-electron chi connectivity index (χ1n) is 6.19. The number of carbonyl (C=O) groups excluding carboxylic acids is 1. The first-order valence-corrected chi connectivity index (χ1v) is 7.37. The quantitative estimate of drug-likeness (QED) is 0.330. The molecule has 8 heteroatoms. The highest BCUT2D eigenvalue weighted by Gasteiger charge is 2.19. The van der Waals surface area contributed by atoms with Crippen LogP contribution in [0.15, 0.2) is 27.8 Å². The average molecular weight is 379 g/mol. The lowest BCUT2D eigenvalue weighted by atomic mass is 10.2. The molecule has 0 saturated carbocycles. The molecule has 0 aromatic heterocycles. The van der Waals surface area contributed by atoms with Crippen LogP contribution in [0.5, 0.6) is 0 Å². The van der Waals surface area contributed by atoms with Gasteiger partial charge in [-0.15, -0.1) is 0 Å². The van der Waals surface area contributed by atoms with Crippen LogP contribution >= 0.6 is 27.5 Å².